The summed E-state index contributed by atoms with van der Waals surface area (Å²) in [6, 6.07) is 18.9. The van der Waals surface area contributed by atoms with E-state index in [1.54, 1.807) is 24.1 Å². The molecule has 1 heterocycles. The van der Waals surface area contributed by atoms with Crippen LogP contribution in [0.15, 0.2) is 71.3 Å². The highest BCUT2D eigenvalue weighted by Gasteiger charge is 2.15. The number of hydrogen-bond donors (Lipinski definition) is 2. The molecule has 6 nitrogen and oxygen atoms in total. The quantitative estimate of drug-likeness (QED) is 0.421. The van der Waals surface area contributed by atoms with Crippen molar-refractivity contribution in [1.82, 2.24) is 9.78 Å². The number of amides is 2. The average Bonchev–Trinajstić information content (AvgIpc) is 3.06. The SMILES string of the molecule is COc1ccc(NC(=O)Nc2cccc3ccccc23)cc1-c1c(Br)cnn1C. The summed E-state index contributed by atoms with van der Waals surface area (Å²) in [5.74, 6) is 0.689. The van der Waals surface area contributed by atoms with Crippen molar-refractivity contribution >= 4 is 44.1 Å². The Morgan fingerprint density at radius 2 is 1.86 bits per heavy atom. The Morgan fingerprint density at radius 3 is 2.62 bits per heavy atom. The lowest BCUT2D eigenvalue weighted by Crippen LogP contribution is -2.19. The van der Waals surface area contributed by atoms with Gasteiger partial charge in [-0.25, -0.2) is 4.79 Å². The lowest BCUT2D eigenvalue weighted by atomic mass is 10.1. The number of hydrogen-bond acceptors (Lipinski definition) is 3. The van der Waals surface area contributed by atoms with E-state index in [0.717, 1.165) is 32.2 Å². The molecule has 0 saturated carbocycles. The predicted molar refractivity (Wildman–Crippen MR) is 119 cm³/mol. The van der Waals surface area contributed by atoms with Crippen LogP contribution < -0.4 is 15.4 Å². The van der Waals surface area contributed by atoms with Gasteiger partial charge in [0.2, 0.25) is 0 Å². The fourth-order valence-electron chi connectivity index (χ4n) is 3.30. The first-order valence-corrected chi connectivity index (χ1v) is 9.78. The van der Waals surface area contributed by atoms with Crippen molar-refractivity contribution in [3.8, 4) is 17.0 Å². The van der Waals surface area contributed by atoms with E-state index in [2.05, 4.69) is 31.7 Å². The van der Waals surface area contributed by atoms with E-state index in [1.165, 1.54) is 0 Å². The minimum absolute atomic E-state index is 0.318. The normalized spacial score (nSPS) is 10.7. The van der Waals surface area contributed by atoms with Gasteiger partial charge in [0.15, 0.2) is 0 Å². The first kappa shape index (κ1) is 19.0. The Labute approximate surface area is 176 Å². The molecular weight excluding hydrogens is 432 g/mol. The lowest BCUT2D eigenvalue weighted by molar-refractivity contribution is 0.262. The number of aryl methyl sites for hydroxylation is 1. The number of anilines is 2. The molecule has 4 aromatic rings. The van der Waals surface area contributed by atoms with Crippen LogP contribution in [0.4, 0.5) is 16.2 Å². The summed E-state index contributed by atoms with van der Waals surface area (Å²) in [5.41, 5.74) is 3.08. The molecule has 0 unspecified atom stereocenters. The third-order valence-corrected chi connectivity index (χ3v) is 5.22. The van der Waals surface area contributed by atoms with Gasteiger partial charge in [0.1, 0.15) is 5.75 Å². The molecule has 7 heteroatoms. The van der Waals surface area contributed by atoms with E-state index in [0.29, 0.717) is 11.4 Å². The molecule has 0 bridgehead atoms. The number of carbonyl (C=O) groups excluding carboxylic acids is 1. The van der Waals surface area contributed by atoms with Gasteiger partial charge in [-0.05, 0) is 45.6 Å². The van der Waals surface area contributed by atoms with Crippen molar-refractivity contribution in [1.29, 1.82) is 0 Å². The second-order valence-corrected chi connectivity index (χ2v) is 7.34. The summed E-state index contributed by atoms with van der Waals surface area (Å²) in [4.78, 5) is 12.6. The van der Waals surface area contributed by atoms with E-state index >= 15 is 0 Å². The Hall–Kier alpha value is -3.32. The van der Waals surface area contributed by atoms with E-state index in [-0.39, 0.29) is 6.03 Å². The number of carbonyl (C=O) groups is 1. The van der Waals surface area contributed by atoms with E-state index < -0.39 is 0 Å². The predicted octanol–water partition coefficient (Wildman–Crippen LogP) is 5.66. The molecule has 29 heavy (non-hydrogen) atoms. The van der Waals surface area contributed by atoms with Crippen molar-refractivity contribution in [2.45, 2.75) is 0 Å². The van der Waals surface area contributed by atoms with Gasteiger partial charge in [-0.15, -0.1) is 0 Å². The summed E-state index contributed by atoms with van der Waals surface area (Å²) in [6.07, 6.45) is 1.72. The molecule has 0 saturated heterocycles. The minimum Gasteiger partial charge on any atom is -0.496 e. The largest absolute Gasteiger partial charge is 0.496 e. The van der Waals surface area contributed by atoms with Crippen molar-refractivity contribution in [2.24, 2.45) is 7.05 Å². The summed E-state index contributed by atoms with van der Waals surface area (Å²) >= 11 is 3.52. The fraction of sp³-hybridized carbons (Fsp3) is 0.0909. The highest BCUT2D eigenvalue weighted by molar-refractivity contribution is 9.10. The molecule has 0 aliphatic heterocycles. The zero-order valence-corrected chi connectivity index (χ0v) is 17.5. The number of ether oxygens (including phenoxy) is 1. The summed E-state index contributed by atoms with van der Waals surface area (Å²) in [7, 11) is 3.47. The molecule has 0 aliphatic rings. The third kappa shape index (κ3) is 3.82. The summed E-state index contributed by atoms with van der Waals surface area (Å²) < 4.78 is 8.09. The van der Waals surface area contributed by atoms with Crippen LogP contribution >= 0.6 is 15.9 Å². The molecule has 0 spiro atoms. The maximum Gasteiger partial charge on any atom is 0.323 e. The average molecular weight is 451 g/mol. The molecule has 0 aliphatic carbocycles. The number of nitrogens with one attached hydrogen (secondary N) is 2. The van der Waals surface area contributed by atoms with E-state index in [4.69, 9.17) is 4.74 Å². The van der Waals surface area contributed by atoms with Gasteiger partial charge in [-0.3, -0.25) is 4.68 Å². The Morgan fingerprint density at radius 1 is 1.07 bits per heavy atom. The Bertz CT molecular complexity index is 1180. The molecule has 1 aromatic heterocycles. The maximum absolute atomic E-state index is 12.6. The number of benzene rings is 3. The monoisotopic (exact) mass is 450 g/mol. The fourth-order valence-corrected chi connectivity index (χ4v) is 3.87. The maximum atomic E-state index is 12.6. The van der Waals surface area contributed by atoms with Gasteiger partial charge in [0.05, 0.1) is 29.2 Å². The van der Waals surface area contributed by atoms with Gasteiger partial charge < -0.3 is 15.4 Å². The third-order valence-electron chi connectivity index (χ3n) is 4.64. The molecule has 3 aromatic carbocycles. The van der Waals surface area contributed by atoms with Gasteiger partial charge in [-0.2, -0.15) is 5.10 Å². The highest BCUT2D eigenvalue weighted by atomic mass is 79.9. The number of fused-ring (bicyclic) bond motifs is 1. The second kappa shape index (κ2) is 7.97. The van der Waals surface area contributed by atoms with Gasteiger partial charge in [-0.1, -0.05) is 36.4 Å². The van der Waals surface area contributed by atoms with E-state index in [1.807, 2.05) is 61.6 Å². The Kier molecular flexibility index (Phi) is 5.22. The molecule has 4 rings (SSSR count). The van der Waals surface area contributed by atoms with Crippen LogP contribution in [0.1, 0.15) is 0 Å². The number of rotatable bonds is 4. The highest BCUT2D eigenvalue weighted by Crippen LogP contribution is 2.36. The van der Waals surface area contributed by atoms with Crippen LogP contribution in [0.5, 0.6) is 5.75 Å². The zero-order chi connectivity index (χ0) is 20.4. The van der Waals surface area contributed by atoms with Crippen LogP contribution in [0.2, 0.25) is 0 Å². The summed E-state index contributed by atoms with van der Waals surface area (Å²) in [6.45, 7) is 0. The molecule has 0 radical (unpaired) electrons. The van der Waals surface area contributed by atoms with E-state index in [9.17, 15) is 4.79 Å². The minimum atomic E-state index is -0.318. The topological polar surface area (TPSA) is 68.2 Å². The zero-order valence-electron chi connectivity index (χ0n) is 15.9. The molecule has 0 atom stereocenters. The number of methoxy groups -OCH3 is 1. The van der Waals surface area contributed by atoms with Crippen molar-refractivity contribution < 1.29 is 9.53 Å². The number of aromatic nitrogens is 2. The number of halogens is 1. The molecule has 146 valence electrons. The van der Waals surface area contributed by atoms with Crippen LogP contribution in [0.3, 0.4) is 0 Å². The number of urea groups is 1. The molecular formula is C22H19BrN4O2. The molecule has 2 N–H and O–H groups in total. The second-order valence-electron chi connectivity index (χ2n) is 6.49. The van der Waals surface area contributed by atoms with Crippen molar-refractivity contribution in [3.05, 3.63) is 71.3 Å². The molecule has 2 amide bonds. The van der Waals surface area contributed by atoms with Crippen LogP contribution in [-0.4, -0.2) is 22.9 Å². The standard InChI is InChI=1S/C22H19BrN4O2/c1-27-21(18(23)13-24-27)17-12-15(10-11-20(17)29-2)25-22(28)26-19-9-5-7-14-6-3-4-8-16(14)19/h3-13H,1-2H3,(H2,25,26,28). The number of nitrogens with zero attached hydrogens (tertiary/aromatic N) is 2. The lowest BCUT2D eigenvalue weighted by Gasteiger charge is -2.14. The van der Waals surface area contributed by atoms with Crippen LogP contribution in [-0.2, 0) is 7.05 Å². The van der Waals surface area contributed by atoms with Gasteiger partial charge in [0.25, 0.3) is 0 Å². The van der Waals surface area contributed by atoms with Crippen LogP contribution in [0.25, 0.3) is 22.0 Å². The Balaban J connectivity index is 1.61. The summed E-state index contributed by atoms with van der Waals surface area (Å²) in [5, 5.41) is 12.1. The van der Waals surface area contributed by atoms with Crippen molar-refractivity contribution in [3.63, 3.8) is 0 Å². The van der Waals surface area contributed by atoms with Gasteiger partial charge in [0, 0.05) is 23.7 Å². The van der Waals surface area contributed by atoms with Crippen LogP contribution in [0, 0.1) is 0 Å². The first-order chi connectivity index (χ1) is 14.1. The molecule has 0 fully saturated rings. The smallest absolute Gasteiger partial charge is 0.323 e. The van der Waals surface area contributed by atoms with Crippen molar-refractivity contribution in [2.75, 3.05) is 17.7 Å². The van der Waals surface area contributed by atoms with Gasteiger partial charge >= 0.3 is 6.03 Å². The first-order valence-electron chi connectivity index (χ1n) is 8.98.